The van der Waals surface area contributed by atoms with Crippen LogP contribution in [0.1, 0.15) is 50.2 Å². The molecule has 1 fully saturated rings. The van der Waals surface area contributed by atoms with Crippen molar-refractivity contribution in [1.29, 1.82) is 0 Å². The molecule has 0 radical (unpaired) electrons. The normalized spacial score (nSPS) is 21.2. The average molecular weight is 416 g/mol. The fraction of sp³-hybridized carbons (Fsp3) is 0.667. The van der Waals surface area contributed by atoms with E-state index in [0.717, 1.165) is 12.5 Å². The van der Waals surface area contributed by atoms with Crippen LogP contribution in [0.4, 0.5) is 13.2 Å². The molecule has 2 unspecified atom stereocenters. The maximum absolute atomic E-state index is 12.9. The summed E-state index contributed by atoms with van der Waals surface area (Å²) in [5, 5.41) is 15.8. The van der Waals surface area contributed by atoms with Crippen LogP contribution in [0.3, 0.4) is 0 Å². The molecule has 3 N–H and O–H groups in total. The summed E-state index contributed by atoms with van der Waals surface area (Å²) in [5.74, 6) is 0.657. The van der Waals surface area contributed by atoms with Gasteiger partial charge >= 0.3 is 6.18 Å². The number of aliphatic imine (C=N–C) groups is 1. The highest BCUT2D eigenvalue weighted by atomic mass is 19.4. The first kappa shape index (κ1) is 23.5. The summed E-state index contributed by atoms with van der Waals surface area (Å²) < 4.78 is 44.2. The Balaban J connectivity index is 1.91. The lowest BCUT2D eigenvalue weighted by Gasteiger charge is -2.25. The molecular formula is C21H32F3N3O2. The summed E-state index contributed by atoms with van der Waals surface area (Å²) in [4.78, 5) is 4.66. The van der Waals surface area contributed by atoms with E-state index in [4.69, 9.17) is 4.74 Å². The van der Waals surface area contributed by atoms with E-state index >= 15 is 0 Å². The number of alkyl halides is 3. The third kappa shape index (κ3) is 7.19. The van der Waals surface area contributed by atoms with E-state index in [2.05, 4.69) is 15.6 Å². The molecule has 0 saturated carbocycles. The highest BCUT2D eigenvalue weighted by Gasteiger charge is 2.34. The molecule has 164 valence electrons. The van der Waals surface area contributed by atoms with Crippen molar-refractivity contribution < 1.29 is 23.0 Å². The number of nitrogens with zero attached hydrogens (tertiary/aromatic N) is 1. The topological polar surface area (TPSA) is 65.9 Å². The van der Waals surface area contributed by atoms with Crippen LogP contribution in [-0.2, 0) is 10.9 Å². The fourth-order valence-electron chi connectivity index (χ4n) is 3.47. The summed E-state index contributed by atoms with van der Waals surface area (Å²) in [7, 11) is 0. The number of nitrogens with one attached hydrogen (secondary N) is 2. The molecule has 5 nitrogen and oxygen atoms in total. The van der Waals surface area contributed by atoms with E-state index in [0.29, 0.717) is 57.2 Å². The van der Waals surface area contributed by atoms with E-state index < -0.39 is 11.7 Å². The Morgan fingerprint density at radius 2 is 2.14 bits per heavy atom. The van der Waals surface area contributed by atoms with E-state index in [-0.39, 0.29) is 17.9 Å². The first-order valence-electron chi connectivity index (χ1n) is 10.2. The van der Waals surface area contributed by atoms with Crippen LogP contribution in [0.5, 0.6) is 0 Å². The summed E-state index contributed by atoms with van der Waals surface area (Å²) in [6, 6.07) is 5.51. The van der Waals surface area contributed by atoms with Crippen LogP contribution >= 0.6 is 0 Å². The molecule has 1 aromatic rings. The molecule has 0 spiro atoms. The first-order valence-corrected chi connectivity index (χ1v) is 10.2. The SMILES string of the molecule is CCNC(=NCC1(CCO)CCOC1)NCCC(C)c1cccc(C(F)(F)F)c1. The minimum Gasteiger partial charge on any atom is -0.396 e. The lowest BCUT2D eigenvalue weighted by Crippen LogP contribution is -2.39. The van der Waals surface area contributed by atoms with Crippen LogP contribution < -0.4 is 10.6 Å². The second-order valence-corrected chi connectivity index (χ2v) is 7.71. The molecule has 1 saturated heterocycles. The fourth-order valence-corrected chi connectivity index (χ4v) is 3.47. The molecule has 0 aromatic heterocycles. The van der Waals surface area contributed by atoms with Gasteiger partial charge in [0.2, 0.25) is 0 Å². The van der Waals surface area contributed by atoms with Gasteiger partial charge in [-0.2, -0.15) is 13.2 Å². The van der Waals surface area contributed by atoms with Gasteiger partial charge in [-0.3, -0.25) is 4.99 Å². The second-order valence-electron chi connectivity index (χ2n) is 7.71. The van der Waals surface area contributed by atoms with Crippen LogP contribution in [0.2, 0.25) is 0 Å². The van der Waals surface area contributed by atoms with E-state index in [1.54, 1.807) is 6.07 Å². The van der Waals surface area contributed by atoms with Gasteiger partial charge in [-0.1, -0.05) is 25.1 Å². The van der Waals surface area contributed by atoms with Crippen molar-refractivity contribution in [3.8, 4) is 0 Å². The van der Waals surface area contributed by atoms with Crippen molar-refractivity contribution >= 4 is 5.96 Å². The largest absolute Gasteiger partial charge is 0.416 e. The molecule has 0 amide bonds. The maximum atomic E-state index is 12.9. The third-order valence-corrected chi connectivity index (χ3v) is 5.40. The molecular weight excluding hydrogens is 383 g/mol. The number of ether oxygens (including phenoxy) is 1. The van der Waals surface area contributed by atoms with Gasteiger partial charge in [0.05, 0.1) is 18.7 Å². The van der Waals surface area contributed by atoms with E-state index in [1.807, 2.05) is 13.8 Å². The Morgan fingerprint density at radius 3 is 2.76 bits per heavy atom. The minimum atomic E-state index is -4.33. The summed E-state index contributed by atoms with van der Waals surface area (Å²) in [6.45, 7) is 7.16. The third-order valence-electron chi connectivity index (χ3n) is 5.40. The Labute approximate surface area is 170 Å². The van der Waals surface area contributed by atoms with Gasteiger partial charge < -0.3 is 20.5 Å². The van der Waals surface area contributed by atoms with Crippen molar-refractivity contribution in [3.05, 3.63) is 35.4 Å². The van der Waals surface area contributed by atoms with Gasteiger partial charge in [-0.15, -0.1) is 0 Å². The van der Waals surface area contributed by atoms with Gasteiger partial charge in [0, 0.05) is 31.7 Å². The zero-order valence-corrected chi connectivity index (χ0v) is 17.2. The van der Waals surface area contributed by atoms with Crippen LogP contribution in [-0.4, -0.2) is 50.5 Å². The molecule has 2 atom stereocenters. The average Bonchev–Trinajstić information content (AvgIpc) is 3.14. The molecule has 0 aliphatic carbocycles. The summed E-state index contributed by atoms with van der Waals surface area (Å²) in [5.41, 5.74) is -0.0613. The molecule has 0 bridgehead atoms. The molecule has 1 aliphatic heterocycles. The van der Waals surface area contributed by atoms with Crippen LogP contribution in [0.15, 0.2) is 29.3 Å². The zero-order chi connectivity index (χ0) is 21.3. The predicted octanol–water partition coefficient (Wildman–Crippen LogP) is 3.54. The standard InChI is InChI=1S/C21H32F3N3O2/c1-3-25-19(27-14-20(8-11-28)9-12-29-15-20)26-10-7-16(2)17-5-4-6-18(13-17)21(22,23)24/h4-6,13,16,28H,3,7-12,14-15H2,1-2H3,(H2,25,26,27). The highest BCUT2D eigenvalue weighted by molar-refractivity contribution is 5.79. The minimum absolute atomic E-state index is 0.0170. The summed E-state index contributed by atoms with van der Waals surface area (Å²) in [6.07, 6.45) is -2.12. The number of aliphatic hydroxyl groups excluding tert-OH is 1. The Morgan fingerprint density at radius 1 is 1.34 bits per heavy atom. The Kier molecular flexibility index (Phi) is 8.77. The lowest BCUT2D eigenvalue weighted by atomic mass is 9.84. The number of hydrogen-bond acceptors (Lipinski definition) is 3. The predicted molar refractivity (Wildman–Crippen MR) is 108 cm³/mol. The molecule has 2 rings (SSSR count). The number of rotatable bonds is 9. The van der Waals surface area contributed by atoms with Crippen molar-refractivity contribution in [2.24, 2.45) is 10.4 Å². The van der Waals surface area contributed by atoms with Crippen molar-refractivity contribution in [3.63, 3.8) is 0 Å². The molecule has 8 heteroatoms. The van der Waals surface area contributed by atoms with E-state index in [1.165, 1.54) is 12.1 Å². The molecule has 29 heavy (non-hydrogen) atoms. The number of aliphatic hydroxyl groups is 1. The van der Waals surface area contributed by atoms with Crippen LogP contribution in [0, 0.1) is 5.41 Å². The quantitative estimate of drug-likeness (QED) is 0.426. The van der Waals surface area contributed by atoms with Crippen molar-refractivity contribution in [1.82, 2.24) is 10.6 Å². The Bertz CT molecular complexity index is 659. The number of hydrogen-bond donors (Lipinski definition) is 3. The zero-order valence-electron chi connectivity index (χ0n) is 17.2. The van der Waals surface area contributed by atoms with Crippen LogP contribution in [0.25, 0.3) is 0 Å². The molecule has 1 aliphatic rings. The molecule has 1 heterocycles. The number of halogens is 3. The lowest BCUT2D eigenvalue weighted by molar-refractivity contribution is -0.137. The van der Waals surface area contributed by atoms with Crippen molar-refractivity contribution in [2.75, 3.05) is 39.5 Å². The van der Waals surface area contributed by atoms with Gasteiger partial charge in [0.15, 0.2) is 5.96 Å². The second kappa shape index (κ2) is 10.8. The smallest absolute Gasteiger partial charge is 0.396 e. The van der Waals surface area contributed by atoms with Gasteiger partial charge in [-0.25, -0.2) is 0 Å². The van der Waals surface area contributed by atoms with E-state index in [9.17, 15) is 18.3 Å². The maximum Gasteiger partial charge on any atom is 0.416 e. The highest BCUT2D eigenvalue weighted by Crippen LogP contribution is 2.33. The van der Waals surface area contributed by atoms with Crippen molar-refractivity contribution in [2.45, 2.75) is 45.2 Å². The first-order chi connectivity index (χ1) is 13.8. The van der Waals surface area contributed by atoms with Gasteiger partial charge in [0.1, 0.15) is 0 Å². The number of guanidine groups is 1. The number of benzene rings is 1. The van der Waals surface area contributed by atoms with Gasteiger partial charge in [-0.05, 0) is 43.7 Å². The van der Waals surface area contributed by atoms with Gasteiger partial charge in [0.25, 0.3) is 0 Å². The molecule has 1 aromatic carbocycles. The monoisotopic (exact) mass is 415 g/mol. The Hall–Kier alpha value is -1.80. The summed E-state index contributed by atoms with van der Waals surface area (Å²) >= 11 is 0.